The molecule has 5 nitrogen and oxygen atoms in total. The molecule has 4 atom stereocenters. The molecule has 2 saturated carbocycles. The first-order valence-corrected chi connectivity index (χ1v) is 10.9. The summed E-state index contributed by atoms with van der Waals surface area (Å²) in [7, 11) is -3.53. The lowest BCUT2D eigenvalue weighted by Crippen LogP contribution is -2.46. The van der Waals surface area contributed by atoms with Gasteiger partial charge in [0.15, 0.2) is 0 Å². The highest BCUT2D eigenvalue weighted by Crippen LogP contribution is 2.49. The summed E-state index contributed by atoms with van der Waals surface area (Å²) < 4.78 is 25.6. The van der Waals surface area contributed by atoms with Crippen LogP contribution in [0.5, 0.6) is 0 Å². The molecule has 0 aromatic heterocycles. The predicted molar refractivity (Wildman–Crippen MR) is 99.9 cm³/mol. The van der Waals surface area contributed by atoms with E-state index in [9.17, 15) is 13.2 Å². The molecule has 1 aromatic carbocycles. The molecule has 138 valence electrons. The van der Waals surface area contributed by atoms with Crippen LogP contribution >= 0.6 is 0 Å². The van der Waals surface area contributed by atoms with Crippen molar-refractivity contribution in [3.63, 3.8) is 0 Å². The molecule has 0 heterocycles. The third kappa shape index (κ3) is 4.00. The number of nitrogens with one attached hydrogen (secondary N) is 1. The molecule has 2 fully saturated rings. The van der Waals surface area contributed by atoms with E-state index in [-0.39, 0.29) is 18.5 Å². The molecule has 3 rings (SSSR count). The molecule has 0 radical (unpaired) electrons. The maximum Gasteiger partial charge on any atom is 0.240 e. The summed E-state index contributed by atoms with van der Waals surface area (Å²) in [5, 5.41) is 3.05. The van der Waals surface area contributed by atoms with Gasteiger partial charge in [0, 0.05) is 6.04 Å². The molecule has 0 aliphatic heterocycles. The number of para-hydroxylation sites is 1. The topological polar surface area (TPSA) is 66.5 Å². The molecule has 2 aliphatic carbocycles. The quantitative estimate of drug-likeness (QED) is 0.844. The number of benzene rings is 1. The van der Waals surface area contributed by atoms with Crippen LogP contribution in [0.4, 0.5) is 5.69 Å². The number of hydrogen-bond acceptors (Lipinski definition) is 3. The number of amides is 1. The molecule has 25 heavy (non-hydrogen) atoms. The number of aryl methyl sites for hydroxylation is 1. The van der Waals surface area contributed by atoms with Crippen LogP contribution < -0.4 is 9.62 Å². The number of fused-ring (bicyclic) bond motifs is 2. The number of hydrogen-bond donors (Lipinski definition) is 1. The Hall–Kier alpha value is -1.56. The summed E-state index contributed by atoms with van der Waals surface area (Å²) >= 11 is 0. The average Bonchev–Trinajstić information content (AvgIpc) is 3.15. The van der Waals surface area contributed by atoms with E-state index in [2.05, 4.69) is 12.2 Å². The Kier molecular flexibility index (Phi) is 5.09. The van der Waals surface area contributed by atoms with Crippen LogP contribution in [-0.2, 0) is 14.8 Å². The number of carbonyl (C=O) groups excluding carboxylic acids is 1. The van der Waals surface area contributed by atoms with E-state index >= 15 is 0 Å². The summed E-state index contributed by atoms with van der Waals surface area (Å²) in [5.74, 6) is 1.85. The summed E-state index contributed by atoms with van der Waals surface area (Å²) in [6.07, 6.45) is 6.24. The average molecular weight is 365 g/mol. The van der Waals surface area contributed by atoms with Crippen molar-refractivity contribution in [2.45, 2.75) is 45.6 Å². The third-order valence-corrected chi connectivity index (χ3v) is 7.02. The second-order valence-electron chi connectivity index (χ2n) is 7.75. The molecule has 1 aromatic rings. The normalized spacial score (nSPS) is 26.4. The summed E-state index contributed by atoms with van der Waals surface area (Å²) in [6, 6.07) is 7.33. The first-order valence-electron chi connectivity index (χ1n) is 9.08. The third-order valence-electron chi connectivity index (χ3n) is 5.90. The highest BCUT2D eigenvalue weighted by Gasteiger charge is 2.42. The minimum atomic E-state index is -3.53. The summed E-state index contributed by atoms with van der Waals surface area (Å²) in [5.41, 5.74) is 1.40. The van der Waals surface area contributed by atoms with Crippen molar-refractivity contribution in [3.05, 3.63) is 29.8 Å². The molecular weight excluding hydrogens is 336 g/mol. The maximum atomic E-state index is 12.5. The standard InChI is InChI=1S/C19H28N2O3S/c1-13-6-4-5-7-18(13)21(25(3,23)24)12-19(22)20-14(2)17-11-15-8-9-16(17)10-15/h4-7,14-17H,8-12H2,1-3H3,(H,20,22)/t14-,15+,16+,17+/m1/s1. The molecule has 1 N–H and O–H groups in total. The number of sulfonamides is 1. The zero-order valence-electron chi connectivity index (χ0n) is 15.2. The Morgan fingerprint density at radius 1 is 1.28 bits per heavy atom. The van der Waals surface area contributed by atoms with Crippen LogP contribution in [0.3, 0.4) is 0 Å². The minimum absolute atomic E-state index is 0.0982. The van der Waals surface area contributed by atoms with Gasteiger partial charge in [0.05, 0.1) is 11.9 Å². The molecule has 0 saturated heterocycles. The van der Waals surface area contributed by atoms with E-state index in [0.717, 1.165) is 23.7 Å². The monoisotopic (exact) mass is 364 g/mol. The van der Waals surface area contributed by atoms with Gasteiger partial charge in [0.2, 0.25) is 15.9 Å². The van der Waals surface area contributed by atoms with Crippen LogP contribution in [0.2, 0.25) is 0 Å². The Balaban J connectivity index is 1.68. The van der Waals surface area contributed by atoms with Crippen molar-refractivity contribution < 1.29 is 13.2 Å². The van der Waals surface area contributed by atoms with Crippen molar-refractivity contribution in [3.8, 4) is 0 Å². The fraction of sp³-hybridized carbons (Fsp3) is 0.632. The van der Waals surface area contributed by atoms with E-state index in [0.29, 0.717) is 11.6 Å². The molecule has 2 aliphatic rings. The zero-order valence-corrected chi connectivity index (χ0v) is 16.1. The molecule has 0 spiro atoms. The molecular formula is C19H28N2O3S. The number of carbonyl (C=O) groups is 1. The summed E-state index contributed by atoms with van der Waals surface area (Å²) in [4.78, 5) is 12.5. The second-order valence-corrected chi connectivity index (χ2v) is 9.66. The van der Waals surface area contributed by atoms with Crippen molar-refractivity contribution in [1.29, 1.82) is 0 Å². The van der Waals surface area contributed by atoms with Gasteiger partial charge in [-0.15, -0.1) is 0 Å². The fourth-order valence-electron chi connectivity index (χ4n) is 4.67. The Morgan fingerprint density at radius 2 is 2.00 bits per heavy atom. The van der Waals surface area contributed by atoms with Crippen molar-refractivity contribution in [1.82, 2.24) is 5.32 Å². The first-order chi connectivity index (χ1) is 11.8. The molecule has 6 heteroatoms. The van der Waals surface area contributed by atoms with Gasteiger partial charge in [-0.1, -0.05) is 24.6 Å². The van der Waals surface area contributed by atoms with E-state index in [1.807, 2.05) is 19.1 Å². The highest BCUT2D eigenvalue weighted by molar-refractivity contribution is 7.92. The molecule has 0 unspecified atom stereocenters. The second kappa shape index (κ2) is 6.98. The van der Waals surface area contributed by atoms with Gasteiger partial charge in [-0.2, -0.15) is 0 Å². The van der Waals surface area contributed by atoms with Crippen LogP contribution in [0, 0.1) is 24.7 Å². The van der Waals surface area contributed by atoms with Gasteiger partial charge in [-0.3, -0.25) is 9.10 Å². The zero-order chi connectivity index (χ0) is 18.2. The predicted octanol–water partition coefficient (Wildman–Crippen LogP) is 2.70. The summed E-state index contributed by atoms with van der Waals surface area (Å²) in [6.45, 7) is 3.74. The van der Waals surface area contributed by atoms with E-state index in [4.69, 9.17) is 0 Å². The smallest absolute Gasteiger partial charge is 0.240 e. The van der Waals surface area contributed by atoms with Gasteiger partial charge in [-0.25, -0.2) is 8.42 Å². The number of rotatable bonds is 6. The Labute approximate surface area is 150 Å². The van der Waals surface area contributed by atoms with Gasteiger partial charge < -0.3 is 5.32 Å². The van der Waals surface area contributed by atoms with E-state index in [1.54, 1.807) is 12.1 Å². The largest absolute Gasteiger partial charge is 0.352 e. The maximum absolute atomic E-state index is 12.5. The fourth-order valence-corrected chi connectivity index (χ4v) is 5.58. The lowest BCUT2D eigenvalue weighted by atomic mass is 9.84. The minimum Gasteiger partial charge on any atom is -0.352 e. The van der Waals surface area contributed by atoms with Crippen LogP contribution in [0.1, 0.15) is 38.2 Å². The van der Waals surface area contributed by atoms with E-state index in [1.165, 1.54) is 30.0 Å². The van der Waals surface area contributed by atoms with Gasteiger partial charge in [0.1, 0.15) is 6.54 Å². The molecule has 1 amide bonds. The Morgan fingerprint density at radius 3 is 2.56 bits per heavy atom. The van der Waals surface area contributed by atoms with Crippen molar-refractivity contribution in [2.75, 3.05) is 17.1 Å². The van der Waals surface area contributed by atoms with Gasteiger partial charge >= 0.3 is 0 Å². The lowest BCUT2D eigenvalue weighted by Gasteiger charge is -2.30. The molecule has 2 bridgehead atoms. The van der Waals surface area contributed by atoms with Crippen LogP contribution in [-0.4, -0.2) is 33.2 Å². The van der Waals surface area contributed by atoms with Gasteiger partial charge in [-0.05, 0) is 62.5 Å². The van der Waals surface area contributed by atoms with Gasteiger partial charge in [0.25, 0.3) is 0 Å². The number of nitrogens with zero attached hydrogens (tertiary/aromatic N) is 1. The SMILES string of the molecule is Cc1ccccc1N(CC(=O)N[C@H](C)[C@@H]1C[C@H]2CC[C@H]1C2)S(C)(=O)=O. The highest BCUT2D eigenvalue weighted by atomic mass is 32.2. The van der Waals surface area contributed by atoms with Crippen molar-refractivity contribution >= 4 is 21.6 Å². The van der Waals surface area contributed by atoms with E-state index < -0.39 is 10.0 Å². The van der Waals surface area contributed by atoms with Crippen LogP contribution in [0.25, 0.3) is 0 Å². The van der Waals surface area contributed by atoms with Crippen LogP contribution in [0.15, 0.2) is 24.3 Å². The van der Waals surface area contributed by atoms with Crippen molar-refractivity contribution in [2.24, 2.45) is 17.8 Å². The first kappa shape index (κ1) is 18.2. The number of anilines is 1. The lowest BCUT2D eigenvalue weighted by molar-refractivity contribution is -0.120. The Bertz CT molecular complexity index is 747.